The maximum Gasteiger partial charge on any atom is 0.231 e. The number of hydrogen-bond acceptors (Lipinski definition) is 5. The molecule has 0 spiro atoms. The van der Waals surface area contributed by atoms with E-state index < -0.39 is 0 Å². The van der Waals surface area contributed by atoms with Crippen LogP contribution in [0.25, 0.3) is 0 Å². The minimum Gasteiger partial charge on any atom is -0.454 e. The van der Waals surface area contributed by atoms with Gasteiger partial charge in [-0.05, 0) is 74.6 Å². The van der Waals surface area contributed by atoms with E-state index in [0.717, 1.165) is 44.1 Å². The number of likely N-dealkylation sites (N-methyl/N-ethyl adjacent to an activating group) is 1. The molecule has 5 nitrogen and oxygen atoms in total. The Morgan fingerprint density at radius 2 is 1.73 bits per heavy atom. The molecule has 0 N–H and O–H groups in total. The molecule has 33 heavy (non-hydrogen) atoms. The van der Waals surface area contributed by atoms with Crippen LogP contribution >= 0.6 is 0 Å². The van der Waals surface area contributed by atoms with Crippen molar-refractivity contribution in [2.24, 2.45) is 5.92 Å². The largest absolute Gasteiger partial charge is 0.454 e. The van der Waals surface area contributed by atoms with Crippen molar-refractivity contribution < 1.29 is 9.47 Å². The van der Waals surface area contributed by atoms with Gasteiger partial charge >= 0.3 is 0 Å². The number of fused-ring (bicyclic) bond motifs is 1. The Morgan fingerprint density at radius 3 is 2.52 bits per heavy atom. The van der Waals surface area contributed by atoms with Gasteiger partial charge in [0.05, 0.1) is 0 Å². The normalized spacial score (nSPS) is 17.4. The third kappa shape index (κ3) is 5.37. The molecule has 5 heteroatoms. The highest BCUT2D eigenvalue weighted by Crippen LogP contribution is 2.36. The predicted molar refractivity (Wildman–Crippen MR) is 130 cm³/mol. The lowest BCUT2D eigenvalue weighted by Gasteiger charge is -2.40. The molecule has 2 aliphatic heterocycles. The standard InChI is InChI=1S/C28H33N3O2/c1-30(19-23-10-14-29-15-11-23)26(18-22-6-3-2-4-7-22)24-12-16-31(17-13-24)20-25-8-5-9-27-28(25)33-21-32-27/h2-11,14-15,24,26H,12-13,16-21H2,1H3/t26-/m1/s1. The van der Waals surface area contributed by atoms with Crippen LogP contribution in [0, 0.1) is 5.92 Å². The molecule has 3 aromatic rings. The Kier molecular flexibility index (Phi) is 6.89. The third-order valence-electron chi connectivity index (χ3n) is 7.08. The monoisotopic (exact) mass is 443 g/mol. The number of hydrogen-bond donors (Lipinski definition) is 0. The summed E-state index contributed by atoms with van der Waals surface area (Å²) in [5.74, 6) is 2.48. The lowest BCUT2D eigenvalue weighted by atomic mass is 9.84. The first-order chi connectivity index (χ1) is 16.3. The molecular formula is C28H33N3O2. The maximum atomic E-state index is 5.72. The fourth-order valence-electron chi connectivity index (χ4n) is 5.28. The van der Waals surface area contributed by atoms with Crippen molar-refractivity contribution in [2.45, 2.75) is 38.4 Å². The number of piperidine rings is 1. The van der Waals surface area contributed by atoms with Crippen molar-refractivity contribution in [3.8, 4) is 11.5 Å². The fraction of sp³-hybridized carbons (Fsp3) is 0.393. The zero-order valence-corrected chi connectivity index (χ0v) is 19.4. The molecular weight excluding hydrogens is 410 g/mol. The van der Waals surface area contributed by atoms with E-state index in [1.54, 1.807) is 0 Å². The van der Waals surface area contributed by atoms with Gasteiger partial charge in [0.25, 0.3) is 0 Å². The first-order valence-corrected chi connectivity index (χ1v) is 12.0. The Balaban J connectivity index is 1.25. The second-order valence-corrected chi connectivity index (χ2v) is 9.29. The molecule has 1 saturated heterocycles. The molecule has 1 atom stereocenters. The highest BCUT2D eigenvalue weighted by atomic mass is 16.7. The van der Waals surface area contributed by atoms with Crippen LogP contribution in [0.4, 0.5) is 0 Å². The number of pyridine rings is 1. The van der Waals surface area contributed by atoms with Crippen LogP contribution < -0.4 is 9.47 Å². The first kappa shape index (κ1) is 21.9. The average Bonchev–Trinajstić information content (AvgIpc) is 3.35. The molecule has 172 valence electrons. The zero-order chi connectivity index (χ0) is 22.5. The smallest absolute Gasteiger partial charge is 0.231 e. The topological polar surface area (TPSA) is 37.8 Å². The Bertz CT molecular complexity index is 1020. The van der Waals surface area contributed by atoms with Crippen LogP contribution in [0.2, 0.25) is 0 Å². The number of rotatable bonds is 8. The van der Waals surface area contributed by atoms with Crippen LogP contribution in [0.5, 0.6) is 11.5 Å². The van der Waals surface area contributed by atoms with Crippen LogP contribution in [-0.2, 0) is 19.5 Å². The maximum absolute atomic E-state index is 5.72. The molecule has 5 rings (SSSR count). The Labute approximate surface area is 197 Å². The highest BCUT2D eigenvalue weighted by Gasteiger charge is 2.30. The van der Waals surface area contributed by atoms with Gasteiger partial charge in [-0.1, -0.05) is 42.5 Å². The molecule has 0 bridgehead atoms. The molecule has 0 amide bonds. The molecule has 0 unspecified atom stereocenters. The van der Waals surface area contributed by atoms with E-state index in [0.29, 0.717) is 18.8 Å². The lowest BCUT2D eigenvalue weighted by molar-refractivity contribution is 0.0948. The van der Waals surface area contributed by atoms with Crippen molar-refractivity contribution in [2.75, 3.05) is 26.9 Å². The molecule has 3 heterocycles. The summed E-state index contributed by atoms with van der Waals surface area (Å²) in [6, 6.07) is 21.9. The van der Waals surface area contributed by atoms with Gasteiger partial charge in [0, 0.05) is 37.1 Å². The first-order valence-electron chi connectivity index (χ1n) is 12.0. The molecule has 0 saturated carbocycles. The highest BCUT2D eigenvalue weighted by molar-refractivity contribution is 5.48. The van der Waals surface area contributed by atoms with Gasteiger partial charge in [-0.2, -0.15) is 0 Å². The molecule has 0 radical (unpaired) electrons. The van der Waals surface area contributed by atoms with Gasteiger partial charge < -0.3 is 9.47 Å². The summed E-state index contributed by atoms with van der Waals surface area (Å²) in [5.41, 5.74) is 3.98. The minimum absolute atomic E-state index is 0.333. The van der Waals surface area contributed by atoms with Gasteiger partial charge in [-0.15, -0.1) is 0 Å². The molecule has 2 aliphatic rings. The minimum atomic E-state index is 0.333. The van der Waals surface area contributed by atoms with E-state index in [-0.39, 0.29) is 0 Å². The van der Waals surface area contributed by atoms with Crippen LogP contribution in [0.15, 0.2) is 73.1 Å². The second-order valence-electron chi connectivity index (χ2n) is 9.29. The quantitative estimate of drug-likeness (QED) is 0.502. The molecule has 1 fully saturated rings. The molecule has 2 aromatic carbocycles. The van der Waals surface area contributed by atoms with Crippen LogP contribution in [-0.4, -0.2) is 47.8 Å². The third-order valence-corrected chi connectivity index (χ3v) is 7.08. The second kappa shape index (κ2) is 10.4. The van der Waals surface area contributed by atoms with Gasteiger partial charge in [-0.3, -0.25) is 14.8 Å². The van der Waals surface area contributed by atoms with E-state index in [1.165, 1.54) is 29.5 Å². The lowest BCUT2D eigenvalue weighted by Crippen LogP contribution is -2.44. The molecule has 1 aromatic heterocycles. The van der Waals surface area contributed by atoms with Crippen molar-refractivity contribution in [1.82, 2.24) is 14.8 Å². The van der Waals surface area contributed by atoms with E-state index in [1.807, 2.05) is 18.5 Å². The number of aromatic nitrogens is 1. The predicted octanol–water partition coefficient (Wildman–Crippen LogP) is 4.77. The van der Waals surface area contributed by atoms with E-state index >= 15 is 0 Å². The number of nitrogens with zero attached hydrogens (tertiary/aromatic N) is 3. The number of likely N-dealkylation sites (tertiary alicyclic amines) is 1. The summed E-state index contributed by atoms with van der Waals surface area (Å²) in [5, 5.41) is 0. The van der Waals surface area contributed by atoms with Crippen LogP contribution in [0.1, 0.15) is 29.5 Å². The Morgan fingerprint density at radius 1 is 0.939 bits per heavy atom. The number of para-hydroxylation sites is 1. The van der Waals surface area contributed by atoms with Gasteiger partial charge in [0.2, 0.25) is 6.79 Å². The average molecular weight is 444 g/mol. The van der Waals surface area contributed by atoms with Crippen molar-refractivity contribution in [1.29, 1.82) is 0 Å². The fourth-order valence-corrected chi connectivity index (χ4v) is 5.28. The summed E-state index contributed by atoms with van der Waals surface area (Å²) in [6.07, 6.45) is 7.30. The van der Waals surface area contributed by atoms with Crippen molar-refractivity contribution >= 4 is 0 Å². The summed E-state index contributed by atoms with van der Waals surface area (Å²) in [4.78, 5) is 9.30. The van der Waals surface area contributed by atoms with E-state index in [4.69, 9.17) is 9.47 Å². The Hall–Kier alpha value is -2.89. The van der Waals surface area contributed by atoms with Gasteiger partial charge in [-0.25, -0.2) is 0 Å². The number of benzene rings is 2. The van der Waals surface area contributed by atoms with E-state index in [2.05, 4.69) is 76.4 Å². The summed E-state index contributed by atoms with van der Waals surface area (Å²) < 4.78 is 11.3. The molecule has 0 aliphatic carbocycles. The summed E-state index contributed by atoms with van der Waals surface area (Å²) in [7, 11) is 2.28. The number of ether oxygens (including phenoxy) is 2. The van der Waals surface area contributed by atoms with Crippen LogP contribution in [0.3, 0.4) is 0 Å². The van der Waals surface area contributed by atoms with Crippen molar-refractivity contribution in [3.63, 3.8) is 0 Å². The van der Waals surface area contributed by atoms with E-state index in [9.17, 15) is 0 Å². The summed E-state index contributed by atoms with van der Waals surface area (Å²) in [6.45, 7) is 4.44. The SMILES string of the molecule is CN(Cc1ccncc1)[C@H](Cc1ccccc1)C1CCN(Cc2cccc3c2OCO3)CC1. The van der Waals surface area contributed by atoms with Gasteiger partial charge in [0.1, 0.15) is 0 Å². The van der Waals surface area contributed by atoms with Crippen molar-refractivity contribution in [3.05, 3.63) is 89.7 Å². The zero-order valence-electron chi connectivity index (χ0n) is 19.4. The summed E-state index contributed by atoms with van der Waals surface area (Å²) >= 11 is 0. The van der Waals surface area contributed by atoms with Gasteiger partial charge in [0.15, 0.2) is 11.5 Å².